The summed E-state index contributed by atoms with van der Waals surface area (Å²) in [6, 6.07) is 10.3. The first-order valence-corrected chi connectivity index (χ1v) is 10.3. The van der Waals surface area contributed by atoms with Crippen molar-refractivity contribution in [2.75, 3.05) is 12.8 Å². The summed E-state index contributed by atoms with van der Waals surface area (Å²) in [5.74, 6) is 1.38. The first-order valence-electron chi connectivity index (χ1n) is 8.96. The third-order valence-corrected chi connectivity index (χ3v) is 5.23. The molecule has 0 bridgehead atoms. The van der Waals surface area contributed by atoms with Crippen molar-refractivity contribution < 1.29 is 19.2 Å². The molecule has 1 aliphatic rings. The average Bonchev–Trinajstić information content (AvgIpc) is 2.73. The molecule has 0 radical (unpaired) electrons. The van der Waals surface area contributed by atoms with Gasteiger partial charge in [-0.05, 0) is 55.0 Å². The molecule has 0 aliphatic heterocycles. The van der Waals surface area contributed by atoms with E-state index in [1.807, 2.05) is 12.1 Å². The topological polar surface area (TPSA) is 98.5 Å². The molecule has 2 aromatic carbocycles. The van der Waals surface area contributed by atoms with Gasteiger partial charge in [-0.25, -0.2) is 0 Å². The molecule has 7 nitrogen and oxygen atoms in total. The number of rotatable bonds is 5. The molecule has 9 heteroatoms. The number of aldehydes is 1. The summed E-state index contributed by atoms with van der Waals surface area (Å²) in [6.45, 7) is 0. The van der Waals surface area contributed by atoms with Crippen molar-refractivity contribution in [1.82, 2.24) is 5.32 Å². The second kappa shape index (κ2) is 11.4. The van der Waals surface area contributed by atoms with Crippen molar-refractivity contribution >= 4 is 40.6 Å². The van der Waals surface area contributed by atoms with Gasteiger partial charge >= 0.3 is 0 Å². The first-order chi connectivity index (χ1) is 13.9. The van der Waals surface area contributed by atoms with Gasteiger partial charge in [-0.15, -0.1) is 0 Å². The van der Waals surface area contributed by atoms with Crippen LogP contribution in [0.1, 0.15) is 24.0 Å². The number of fused-ring (bicyclic) bond motifs is 1. The van der Waals surface area contributed by atoms with E-state index in [1.165, 1.54) is 49.2 Å². The zero-order chi connectivity index (χ0) is 21.2. The van der Waals surface area contributed by atoms with Crippen LogP contribution in [0, 0.1) is 10.1 Å². The Bertz CT molecular complexity index is 891. The number of hydrogen-bond acceptors (Lipinski definition) is 6. The number of carbonyl (C=O) groups is 2. The van der Waals surface area contributed by atoms with Crippen molar-refractivity contribution in [1.29, 1.82) is 0 Å². The summed E-state index contributed by atoms with van der Waals surface area (Å²) in [5.41, 5.74) is 2.65. The largest absolute Gasteiger partial charge is 0.456 e. The number of carbonyl (C=O) groups excluding carboxylic acids is 2. The Labute approximate surface area is 177 Å². The summed E-state index contributed by atoms with van der Waals surface area (Å²) in [5, 5.41) is 13.1. The van der Waals surface area contributed by atoms with Crippen molar-refractivity contribution in [3.8, 4) is 11.5 Å². The molecule has 2 aromatic rings. The van der Waals surface area contributed by atoms with Crippen molar-refractivity contribution in [3.05, 3.63) is 62.7 Å². The maximum atomic E-state index is 10.7. The molecule has 0 unspecified atom stereocenters. The lowest BCUT2D eigenvalue weighted by Crippen LogP contribution is -2.11. The van der Waals surface area contributed by atoms with Crippen LogP contribution >= 0.6 is 23.4 Å². The number of benzene rings is 2. The van der Waals surface area contributed by atoms with E-state index in [2.05, 4.69) is 11.4 Å². The minimum atomic E-state index is -0.478. The number of amides is 1. The van der Waals surface area contributed by atoms with Gasteiger partial charge < -0.3 is 14.8 Å². The van der Waals surface area contributed by atoms with Crippen LogP contribution in [0.4, 0.5) is 10.5 Å². The number of halogens is 1. The van der Waals surface area contributed by atoms with Crippen LogP contribution in [-0.4, -0.2) is 29.2 Å². The van der Waals surface area contributed by atoms with E-state index >= 15 is 0 Å². The molecule has 0 spiro atoms. The molecule has 0 fully saturated rings. The van der Waals surface area contributed by atoms with Crippen LogP contribution in [-0.2, 0) is 17.6 Å². The molecule has 0 saturated heterocycles. The Morgan fingerprint density at radius 3 is 2.59 bits per heavy atom. The smallest absolute Gasteiger partial charge is 0.279 e. The van der Waals surface area contributed by atoms with Gasteiger partial charge in [-0.1, -0.05) is 29.4 Å². The Morgan fingerprint density at radius 1 is 1.24 bits per heavy atom. The van der Waals surface area contributed by atoms with Crippen LogP contribution < -0.4 is 10.1 Å². The molecule has 0 aromatic heterocycles. The molecule has 1 aliphatic carbocycles. The van der Waals surface area contributed by atoms with Crippen molar-refractivity contribution in [2.45, 2.75) is 25.7 Å². The number of non-ortho nitro benzene ring substituents is 1. The molecular formula is C20H21ClN2O5S. The summed E-state index contributed by atoms with van der Waals surface area (Å²) in [7, 11) is 1.53. The molecule has 3 rings (SSSR count). The number of aryl methyl sites for hydroxylation is 2. The van der Waals surface area contributed by atoms with E-state index in [-0.39, 0.29) is 21.7 Å². The van der Waals surface area contributed by atoms with Crippen molar-refractivity contribution in [2.24, 2.45) is 0 Å². The predicted molar refractivity (Wildman–Crippen MR) is 114 cm³/mol. The van der Waals surface area contributed by atoms with Gasteiger partial charge in [0.2, 0.25) is 0 Å². The predicted octanol–water partition coefficient (Wildman–Crippen LogP) is 5.18. The fourth-order valence-corrected chi connectivity index (χ4v) is 3.35. The maximum Gasteiger partial charge on any atom is 0.279 e. The Balaban J connectivity index is 0.000000321. The van der Waals surface area contributed by atoms with E-state index in [9.17, 15) is 19.7 Å². The Kier molecular flexibility index (Phi) is 8.95. The van der Waals surface area contributed by atoms with Gasteiger partial charge in [0.05, 0.1) is 15.7 Å². The minimum absolute atomic E-state index is 0.0437. The SMILES string of the molecule is CNC(=O)SCC=O.O=[N+]([O-])c1ccc(Oc2ccc3c(c2)CCCC3)c(Cl)c1. The zero-order valence-corrected chi connectivity index (χ0v) is 17.4. The lowest BCUT2D eigenvalue weighted by atomic mass is 9.92. The first kappa shape index (κ1) is 22.7. The monoisotopic (exact) mass is 436 g/mol. The number of ether oxygens (including phenoxy) is 1. The lowest BCUT2D eigenvalue weighted by molar-refractivity contribution is -0.384. The highest BCUT2D eigenvalue weighted by molar-refractivity contribution is 8.14. The van der Waals surface area contributed by atoms with Gasteiger partial charge in [0.15, 0.2) is 0 Å². The summed E-state index contributed by atoms with van der Waals surface area (Å²) >= 11 is 7.00. The standard InChI is InChI=1S/C16H14ClNO3.C4H7NO2S/c17-15-10-13(18(19)20)6-8-16(15)21-14-7-5-11-3-1-2-4-12(11)9-14;1-5-4(7)8-3-2-6/h5-10H,1-4H2;2H,3H2,1H3,(H,5,7). The molecule has 154 valence electrons. The van der Waals surface area contributed by atoms with Crippen LogP contribution in [0.3, 0.4) is 0 Å². The number of nitro groups is 1. The fraction of sp³-hybridized carbons (Fsp3) is 0.300. The van der Waals surface area contributed by atoms with Gasteiger partial charge in [-0.3, -0.25) is 14.9 Å². The molecule has 0 atom stereocenters. The third kappa shape index (κ3) is 7.07. The molecule has 29 heavy (non-hydrogen) atoms. The highest BCUT2D eigenvalue weighted by Crippen LogP contribution is 2.34. The van der Waals surface area contributed by atoms with Gasteiger partial charge in [-0.2, -0.15) is 0 Å². The highest BCUT2D eigenvalue weighted by atomic mass is 35.5. The molecule has 1 amide bonds. The van der Waals surface area contributed by atoms with E-state index in [4.69, 9.17) is 16.3 Å². The van der Waals surface area contributed by atoms with Crippen LogP contribution in [0.2, 0.25) is 5.02 Å². The van der Waals surface area contributed by atoms with Gasteiger partial charge in [0, 0.05) is 19.2 Å². The summed E-state index contributed by atoms with van der Waals surface area (Å²) < 4.78 is 5.76. The molecule has 1 N–H and O–H groups in total. The number of thioether (sulfide) groups is 1. The second-order valence-corrected chi connectivity index (χ2v) is 7.53. The second-order valence-electron chi connectivity index (χ2n) is 6.13. The van der Waals surface area contributed by atoms with Crippen molar-refractivity contribution in [3.63, 3.8) is 0 Å². The van der Waals surface area contributed by atoms with Gasteiger partial charge in [0.25, 0.3) is 10.9 Å². The number of hydrogen-bond donors (Lipinski definition) is 1. The van der Waals surface area contributed by atoms with Gasteiger partial charge in [0.1, 0.15) is 17.8 Å². The summed E-state index contributed by atoms with van der Waals surface area (Å²) in [6.07, 6.45) is 5.32. The number of nitrogens with one attached hydrogen (secondary N) is 1. The normalized spacial score (nSPS) is 12.1. The summed E-state index contributed by atoms with van der Waals surface area (Å²) in [4.78, 5) is 30.1. The van der Waals surface area contributed by atoms with E-state index in [1.54, 1.807) is 0 Å². The average molecular weight is 437 g/mol. The number of nitrogens with zero attached hydrogens (tertiary/aromatic N) is 1. The Hall–Kier alpha value is -2.58. The highest BCUT2D eigenvalue weighted by Gasteiger charge is 2.13. The Morgan fingerprint density at radius 2 is 1.97 bits per heavy atom. The lowest BCUT2D eigenvalue weighted by Gasteiger charge is -2.17. The maximum absolute atomic E-state index is 10.7. The van der Waals surface area contributed by atoms with Crippen LogP contribution in [0.25, 0.3) is 0 Å². The fourth-order valence-electron chi connectivity index (χ4n) is 2.77. The van der Waals surface area contributed by atoms with E-state index in [0.29, 0.717) is 17.8 Å². The molecular weight excluding hydrogens is 416 g/mol. The minimum Gasteiger partial charge on any atom is -0.456 e. The molecule has 0 heterocycles. The molecule has 0 saturated carbocycles. The third-order valence-electron chi connectivity index (χ3n) is 4.16. The van der Waals surface area contributed by atoms with E-state index in [0.717, 1.165) is 24.6 Å². The van der Waals surface area contributed by atoms with E-state index < -0.39 is 4.92 Å². The number of nitro benzene ring substituents is 1. The zero-order valence-electron chi connectivity index (χ0n) is 15.9. The van der Waals surface area contributed by atoms with Crippen LogP contribution in [0.15, 0.2) is 36.4 Å². The quantitative estimate of drug-likeness (QED) is 0.394. The van der Waals surface area contributed by atoms with Crippen LogP contribution in [0.5, 0.6) is 11.5 Å².